The number of hydrogen-bond acceptors (Lipinski definition) is 9. The molecule has 0 bridgehead atoms. The van der Waals surface area contributed by atoms with Crippen LogP contribution in [0.1, 0.15) is 33.1 Å². The standard InChI is InChI=1S/C23H43N5O6/c1-18-20(22(33)24-5-3-7-27(9-13-29)10-14-30)17-21(19(2)26-18)23(34)25-6-4-8-28(11-15-31)12-16-32/h26,29-32H,3-17H2,1-2H3,(H,24,33)(H,25,34). The van der Waals surface area contributed by atoms with Crippen LogP contribution in [-0.2, 0) is 9.59 Å². The molecule has 34 heavy (non-hydrogen) atoms. The van der Waals surface area contributed by atoms with Crippen molar-refractivity contribution in [2.45, 2.75) is 33.1 Å². The average molecular weight is 486 g/mol. The molecule has 0 unspecified atom stereocenters. The Kier molecular flexibility index (Phi) is 15.4. The van der Waals surface area contributed by atoms with Gasteiger partial charge >= 0.3 is 0 Å². The maximum absolute atomic E-state index is 12.7. The third kappa shape index (κ3) is 10.9. The number of rotatable bonds is 18. The normalized spacial score (nSPS) is 14.1. The second-order valence-electron chi connectivity index (χ2n) is 8.31. The molecule has 0 atom stereocenters. The highest BCUT2D eigenvalue weighted by atomic mass is 16.3. The molecular formula is C23H43N5O6. The first-order valence-corrected chi connectivity index (χ1v) is 12.0. The van der Waals surface area contributed by atoms with Crippen molar-refractivity contribution in [2.24, 2.45) is 0 Å². The van der Waals surface area contributed by atoms with Crippen molar-refractivity contribution >= 4 is 11.8 Å². The van der Waals surface area contributed by atoms with Crippen LogP contribution in [0.2, 0.25) is 0 Å². The zero-order chi connectivity index (χ0) is 25.3. The summed E-state index contributed by atoms with van der Waals surface area (Å²) in [5.41, 5.74) is 2.49. The van der Waals surface area contributed by atoms with Crippen LogP contribution >= 0.6 is 0 Å². The topological polar surface area (TPSA) is 158 Å². The van der Waals surface area contributed by atoms with Gasteiger partial charge in [0.05, 0.1) is 26.4 Å². The van der Waals surface area contributed by atoms with Crippen molar-refractivity contribution in [1.29, 1.82) is 0 Å². The summed E-state index contributed by atoms with van der Waals surface area (Å²) in [5.74, 6) is -0.440. The molecule has 1 aliphatic heterocycles. The Labute approximate surface area is 202 Å². The third-order valence-electron chi connectivity index (χ3n) is 5.72. The second kappa shape index (κ2) is 17.4. The van der Waals surface area contributed by atoms with Crippen molar-refractivity contribution in [3.05, 3.63) is 22.5 Å². The molecule has 0 aliphatic carbocycles. The molecule has 1 heterocycles. The van der Waals surface area contributed by atoms with E-state index in [1.807, 2.05) is 23.6 Å². The number of aliphatic hydroxyl groups is 4. The molecule has 1 aliphatic rings. The van der Waals surface area contributed by atoms with E-state index in [2.05, 4.69) is 16.0 Å². The number of nitrogens with one attached hydrogen (secondary N) is 3. The van der Waals surface area contributed by atoms with Crippen molar-refractivity contribution in [3.63, 3.8) is 0 Å². The number of nitrogens with zero attached hydrogens (tertiary/aromatic N) is 2. The van der Waals surface area contributed by atoms with Crippen molar-refractivity contribution < 1.29 is 30.0 Å². The number of carbonyl (C=O) groups excluding carboxylic acids is 2. The van der Waals surface area contributed by atoms with Gasteiger partial charge in [-0.3, -0.25) is 19.4 Å². The van der Waals surface area contributed by atoms with Gasteiger partial charge in [0, 0.05) is 68.2 Å². The lowest BCUT2D eigenvalue weighted by Gasteiger charge is -2.24. The fourth-order valence-corrected chi connectivity index (χ4v) is 3.83. The first-order chi connectivity index (χ1) is 16.4. The Hall–Kier alpha value is -2.02. The second-order valence-corrected chi connectivity index (χ2v) is 8.31. The lowest BCUT2D eigenvalue weighted by molar-refractivity contribution is -0.118. The number of allylic oxidation sites excluding steroid dienone is 2. The molecule has 0 saturated carbocycles. The maximum Gasteiger partial charge on any atom is 0.249 e. The van der Waals surface area contributed by atoms with E-state index < -0.39 is 0 Å². The summed E-state index contributed by atoms with van der Waals surface area (Å²) in [5, 5.41) is 45.2. The highest BCUT2D eigenvalue weighted by Crippen LogP contribution is 2.23. The molecule has 0 aromatic heterocycles. The van der Waals surface area contributed by atoms with E-state index in [9.17, 15) is 9.59 Å². The van der Waals surface area contributed by atoms with Crippen molar-refractivity contribution in [1.82, 2.24) is 25.8 Å². The van der Waals surface area contributed by atoms with Gasteiger partial charge in [0.25, 0.3) is 0 Å². The zero-order valence-electron chi connectivity index (χ0n) is 20.6. The van der Waals surface area contributed by atoms with E-state index in [0.717, 1.165) is 11.4 Å². The summed E-state index contributed by atoms with van der Waals surface area (Å²) in [6, 6.07) is 0. The number of hydrogen-bond donors (Lipinski definition) is 7. The number of dihydropyridines is 1. The minimum absolute atomic E-state index is 0.0181. The largest absolute Gasteiger partial charge is 0.395 e. The molecule has 2 amide bonds. The van der Waals surface area contributed by atoms with Crippen molar-refractivity contribution in [3.8, 4) is 0 Å². The average Bonchev–Trinajstić information content (AvgIpc) is 2.79. The van der Waals surface area contributed by atoms with Gasteiger partial charge in [-0.15, -0.1) is 0 Å². The van der Waals surface area contributed by atoms with E-state index in [1.165, 1.54) is 0 Å². The maximum atomic E-state index is 12.7. The van der Waals surface area contributed by atoms with Crippen LogP contribution < -0.4 is 16.0 Å². The molecule has 0 spiro atoms. The van der Waals surface area contributed by atoms with Gasteiger partial charge in [-0.05, 0) is 39.8 Å². The Morgan fingerprint density at radius 3 is 1.38 bits per heavy atom. The Bertz CT molecular complexity index is 629. The predicted molar refractivity (Wildman–Crippen MR) is 130 cm³/mol. The first kappa shape index (κ1) is 30.0. The van der Waals surface area contributed by atoms with Gasteiger partial charge in [0.2, 0.25) is 11.8 Å². The first-order valence-electron chi connectivity index (χ1n) is 12.0. The fraction of sp³-hybridized carbons (Fsp3) is 0.739. The quantitative estimate of drug-likeness (QED) is 0.110. The van der Waals surface area contributed by atoms with Gasteiger partial charge in [0.15, 0.2) is 0 Å². The SMILES string of the molecule is CC1=C(C(=O)NCCCN(CCO)CCO)CC(C(=O)NCCCN(CCO)CCO)=C(C)N1. The zero-order valence-corrected chi connectivity index (χ0v) is 20.6. The summed E-state index contributed by atoms with van der Waals surface area (Å²) in [4.78, 5) is 29.3. The summed E-state index contributed by atoms with van der Waals surface area (Å²) >= 11 is 0. The lowest BCUT2D eigenvalue weighted by Crippen LogP contribution is -2.37. The minimum Gasteiger partial charge on any atom is -0.395 e. The smallest absolute Gasteiger partial charge is 0.249 e. The van der Waals surface area contributed by atoms with Crippen LogP contribution in [0.15, 0.2) is 22.5 Å². The predicted octanol–water partition coefficient (Wildman–Crippen LogP) is -1.89. The van der Waals surface area contributed by atoms with Crippen LogP contribution in [0.3, 0.4) is 0 Å². The molecule has 196 valence electrons. The summed E-state index contributed by atoms with van der Waals surface area (Å²) in [6.07, 6.45) is 1.60. The highest BCUT2D eigenvalue weighted by Gasteiger charge is 2.24. The molecule has 7 N–H and O–H groups in total. The van der Waals surface area contributed by atoms with E-state index >= 15 is 0 Å². The number of carbonyl (C=O) groups is 2. The monoisotopic (exact) mass is 485 g/mol. The van der Waals surface area contributed by atoms with Crippen LogP contribution in [-0.4, -0.2) is 121 Å². The van der Waals surface area contributed by atoms with E-state index in [-0.39, 0.29) is 44.7 Å². The molecule has 0 saturated heterocycles. The van der Waals surface area contributed by atoms with E-state index in [0.29, 0.717) is 76.3 Å². The molecule has 11 heteroatoms. The van der Waals surface area contributed by atoms with Crippen LogP contribution in [0.25, 0.3) is 0 Å². The van der Waals surface area contributed by atoms with Crippen molar-refractivity contribution in [2.75, 3.05) is 78.8 Å². The third-order valence-corrected chi connectivity index (χ3v) is 5.72. The number of aliphatic hydroxyl groups excluding tert-OH is 4. The molecule has 0 aromatic carbocycles. The highest BCUT2D eigenvalue weighted by molar-refractivity contribution is 6.00. The molecule has 0 fully saturated rings. The molecule has 0 radical (unpaired) electrons. The van der Waals surface area contributed by atoms with Gasteiger partial charge < -0.3 is 36.4 Å². The van der Waals surface area contributed by atoms with Crippen LogP contribution in [0, 0.1) is 0 Å². The van der Waals surface area contributed by atoms with Crippen LogP contribution in [0.4, 0.5) is 0 Å². The number of amides is 2. The van der Waals surface area contributed by atoms with Crippen LogP contribution in [0.5, 0.6) is 0 Å². The Balaban J connectivity index is 2.50. The molecular weight excluding hydrogens is 442 g/mol. The molecule has 1 rings (SSSR count). The molecule has 0 aromatic rings. The van der Waals surface area contributed by atoms with Gasteiger partial charge in [0.1, 0.15) is 0 Å². The fourth-order valence-electron chi connectivity index (χ4n) is 3.83. The van der Waals surface area contributed by atoms with Gasteiger partial charge in [-0.1, -0.05) is 0 Å². The summed E-state index contributed by atoms with van der Waals surface area (Å²) in [7, 11) is 0. The molecule has 11 nitrogen and oxygen atoms in total. The van der Waals surface area contributed by atoms with E-state index in [4.69, 9.17) is 20.4 Å². The Morgan fingerprint density at radius 2 is 1.06 bits per heavy atom. The van der Waals surface area contributed by atoms with E-state index in [1.54, 1.807) is 0 Å². The Morgan fingerprint density at radius 1 is 0.706 bits per heavy atom. The summed E-state index contributed by atoms with van der Waals surface area (Å²) in [6.45, 7) is 7.81. The minimum atomic E-state index is -0.220. The van der Waals surface area contributed by atoms with Gasteiger partial charge in [-0.25, -0.2) is 0 Å². The lowest BCUT2D eigenvalue weighted by atomic mass is 9.96. The van der Waals surface area contributed by atoms with Gasteiger partial charge in [-0.2, -0.15) is 0 Å². The summed E-state index contributed by atoms with van der Waals surface area (Å²) < 4.78 is 0.